The number of amides is 2. The Kier molecular flexibility index (Phi) is 3.02. The summed E-state index contributed by atoms with van der Waals surface area (Å²) in [5, 5.41) is 2.65. The molecule has 1 aliphatic heterocycles. The first-order valence-corrected chi connectivity index (χ1v) is 6.38. The topological polar surface area (TPSA) is 54.5 Å². The largest absolute Gasteiger partial charge is 0.438 e. The number of carbonyl (C=O) groups excluding carboxylic acids is 1. The lowest BCUT2D eigenvalue weighted by Crippen LogP contribution is -2.39. The third-order valence-electron chi connectivity index (χ3n) is 3.44. The van der Waals surface area contributed by atoms with E-state index in [1.807, 2.05) is 36.4 Å². The Labute approximate surface area is 117 Å². The fraction of sp³-hybridized carbons (Fsp3) is 0.200. The smallest absolute Gasteiger partial charge is 0.317 e. The van der Waals surface area contributed by atoms with Gasteiger partial charge in [-0.2, -0.15) is 0 Å². The number of benzene rings is 1. The zero-order chi connectivity index (χ0) is 14.1. The van der Waals surface area contributed by atoms with Gasteiger partial charge < -0.3 is 15.0 Å². The number of pyridine rings is 1. The van der Waals surface area contributed by atoms with Crippen LogP contribution < -0.4 is 10.1 Å². The second-order valence-electron chi connectivity index (χ2n) is 4.61. The van der Waals surface area contributed by atoms with Gasteiger partial charge in [0.1, 0.15) is 5.75 Å². The average molecular weight is 269 g/mol. The summed E-state index contributed by atoms with van der Waals surface area (Å²) in [6, 6.07) is 11.1. The zero-order valence-electron chi connectivity index (χ0n) is 11.3. The maximum atomic E-state index is 12.0. The van der Waals surface area contributed by atoms with Crippen molar-refractivity contribution < 1.29 is 9.53 Å². The van der Waals surface area contributed by atoms with E-state index in [0.29, 0.717) is 5.88 Å². The summed E-state index contributed by atoms with van der Waals surface area (Å²) in [6.07, 6.45) is 1.68. The highest BCUT2D eigenvalue weighted by molar-refractivity contribution is 5.75. The molecule has 2 heterocycles. The Hall–Kier alpha value is -2.56. The number of hydrogen-bond acceptors (Lipinski definition) is 3. The monoisotopic (exact) mass is 269 g/mol. The molecule has 0 spiro atoms. The molecule has 1 aliphatic rings. The molecule has 1 atom stereocenters. The van der Waals surface area contributed by atoms with Crippen LogP contribution >= 0.6 is 0 Å². The minimum Gasteiger partial charge on any atom is -0.438 e. The third-order valence-corrected chi connectivity index (χ3v) is 3.44. The van der Waals surface area contributed by atoms with Gasteiger partial charge in [0.05, 0.1) is 6.04 Å². The lowest BCUT2D eigenvalue weighted by molar-refractivity contribution is 0.197. The molecule has 5 nitrogen and oxygen atoms in total. The van der Waals surface area contributed by atoms with Crippen LogP contribution in [0.15, 0.2) is 42.6 Å². The van der Waals surface area contributed by atoms with E-state index in [0.717, 1.165) is 16.9 Å². The molecule has 1 aromatic carbocycles. The first-order chi connectivity index (χ1) is 9.72. The summed E-state index contributed by atoms with van der Waals surface area (Å²) in [7, 11) is 3.39. The normalized spacial score (nSPS) is 15.6. The van der Waals surface area contributed by atoms with Crippen LogP contribution in [0.25, 0.3) is 0 Å². The molecule has 5 heteroatoms. The van der Waals surface area contributed by atoms with Crippen molar-refractivity contribution in [2.24, 2.45) is 0 Å². The molecule has 0 unspecified atom stereocenters. The van der Waals surface area contributed by atoms with Crippen molar-refractivity contribution in [3.05, 3.63) is 53.7 Å². The number of urea groups is 1. The Balaban J connectivity index is 2.15. The van der Waals surface area contributed by atoms with Gasteiger partial charge in [-0.25, -0.2) is 9.78 Å². The number of para-hydroxylation sites is 1. The predicted molar refractivity (Wildman–Crippen MR) is 74.8 cm³/mol. The van der Waals surface area contributed by atoms with E-state index < -0.39 is 0 Å². The number of hydrogen-bond donors (Lipinski definition) is 1. The first-order valence-electron chi connectivity index (χ1n) is 6.38. The minimum atomic E-state index is -0.205. The molecular formula is C15H15N3O2. The molecule has 20 heavy (non-hydrogen) atoms. The Morgan fingerprint density at radius 3 is 2.80 bits per heavy atom. The van der Waals surface area contributed by atoms with Gasteiger partial charge in [0.25, 0.3) is 0 Å². The fourth-order valence-electron chi connectivity index (χ4n) is 2.48. The molecule has 0 radical (unpaired) electrons. The summed E-state index contributed by atoms with van der Waals surface area (Å²) in [5.41, 5.74) is 1.84. The molecule has 0 saturated carbocycles. The zero-order valence-corrected chi connectivity index (χ0v) is 11.3. The Morgan fingerprint density at radius 1 is 1.25 bits per heavy atom. The van der Waals surface area contributed by atoms with Gasteiger partial charge in [-0.1, -0.05) is 18.2 Å². The summed E-state index contributed by atoms with van der Waals surface area (Å²) in [5.74, 6) is 1.28. The second kappa shape index (κ2) is 4.85. The van der Waals surface area contributed by atoms with Gasteiger partial charge in [-0.15, -0.1) is 0 Å². The van der Waals surface area contributed by atoms with E-state index in [2.05, 4.69) is 10.3 Å². The first kappa shape index (κ1) is 12.5. The van der Waals surface area contributed by atoms with Crippen molar-refractivity contribution in [1.29, 1.82) is 0 Å². The van der Waals surface area contributed by atoms with Gasteiger partial charge in [0.2, 0.25) is 5.88 Å². The molecule has 2 amide bonds. The predicted octanol–water partition coefficient (Wildman–Crippen LogP) is 2.55. The molecule has 3 rings (SSSR count). The van der Waals surface area contributed by atoms with Crippen LogP contribution in [0.4, 0.5) is 4.79 Å². The van der Waals surface area contributed by atoms with Crippen molar-refractivity contribution in [3.63, 3.8) is 0 Å². The number of carbonyl (C=O) groups is 1. The van der Waals surface area contributed by atoms with Crippen molar-refractivity contribution in [1.82, 2.24) is 15.2 Å². The summed E-state index contributed by atoms with van der Waals surface area (Å²) >= 11 is 0. The van der Waals surface area contributed by atoms with E-state index in [9.17, 15) is 4.79 Å². The highest BCUT2D eigenvalue weighted by Crippen LogP contribution is 2.43. The molecule has 102 valence electrons. The van der Waals surface area contributed by atoms with Crippen LogP contribution in [-0.2, 0) is 0 Å². The lowest BCUT2D eigenvalue weighted by atomic mass is 9.95. The molecule has 1 N–H and O–H groups in total. The highest BCUT2D eigenvalue weighted by atomic mass is 16.5. The number of nitrogens with one attached hydrogen (secondary N) is 1. The maximum Gasteiger partial charge on any atom is 0.317 e. The molecule has 0 aliphatic carbocycles. The lowest BCUT2D eigenvalue weighted by Gasteiger charge is -2.33. The SMILES string of the molecule is CNC(=O)N(C)[C@H]1c2ccccc2Oc2ncccc21. The second-order valence-corrected chi connectivity index (χ2v) is 4.61. The van der Waals surface area contributed by atoms with Crippen LogP contribution in [-0.4, -0.2) is 30.0 Å². The summed E-state index contributed by atoms with van der Waals surface area (Å²) < 4.78 is 5.80. The summed E-state index contributed by atoms with van der Waals surface area (Å²) in [4.78, 5) is 17.9. The number of aromatic nitrogens is 1. The molecule has 0 bridgehead atoms. The van der Waals surface area contributed by atoms with Crippen LogP contribution in [0.5, 0.6) is 11.6 Å². The van der Waals surface area contributed by atoms with Gasteiger partial charge in [-0.3, -0.25) is 0 Å². The van der Waals surface area contributed by atoms with Crippen molar-refractivity contribution >= 4 is 6.03 Å². The van der Waals surface area contributed by atoms with Crippen LogP contribution in [0.1, 0.15) is 17.2 Å². The minimum absolute atomic E-state index is 0.151. The number of fused-ring (bicyclic) bond motifs is 2. The average Bonchev–Trinajstić information content (AvgIpc) is 2.51. The van der Waals surface area contributed by atoms with Crippen LogP contribution in [0.2, 0.25) is 0 Å². The number of rotatable bonds is 1. The standard InChI is InChI=1S/C15H15N3O2/c1-16-15(19)18(2)13-10-6-3-4-8-12(10)20-14-11(13)7-5-9-17-14/h3-9,13H,1-2H3,(H,16,19)/t13-/m0/s1. The van der Waals surface area contributed by atoms with Crippen LogP contribution in [0, 0.1) is 0 Å². The number of ether oxygens (including phenoxy) is 1. The van der Waals surface area contributed by atoms with Crippen molar-refractivity contribution in [3.8, 4) is 11.6 Å². The van der Waals surface area contributed by atoms with Crippen LogP contribution in [0.3, 0.4) is 0 Å². The van der Waals surface area contributed by atoms with E-state index in [1.54, 1.807) is 25.2 Å². The van der Waals surface area contributed by atoms with E-state index >= 15 is 0 Å². The van der Waals surface area contributed by atoms with Crippen molar-refractivity contribution in [2.75, 3.05) is 14.1 Å². The highest BCUT2D eigenvalue weighted by Gasteiger charge is 2.32. The van der Waals surface area contributed by atoms with E-state index in [-0.39, 0.29) is 12.1 Å². The molecule has 0 fully saturated rings. The van der Waals surface area contributed by atoms with Crippen molar-refractivity contribution in [2.45, 2.75) is 6.04 Å². The van der Waals surface area contributed by atoms with Gasteiger partial charge in [0, 0.05) is 31.4 Å². The third kappa shape index (κ3) is 1.87. The Bertz CT molecular complexity index is 612. The Morgan fingerprint density at radius 2 is 2.00 bits per heavy atom. The summed E-state index contributed by atoms with van der Waals surface area (Å²) in [6.45, 7) is 0. The fourth-order valence-corrected chi connectivity index (χ4v) is 2.48. The van der Waals surface area contributed by atoms with E-state index in [1.165, 1.54) is 0 Å². The molecule has 2 aromatic rings. The molecule has 1 aromatic heterocycles. The van der Waals surface area contributed by atoms with Gasteiger partial charge >= 0.3 is 6.03 Å². The molecular weight excluding hydrogens is 254 g/mol. The maximum absolute atomic E-state index is 12.0. The number of nitrogens with zero attached hydrogens (tertiary/aromatic N) is 2. The quantitative estimate of drug-likeness (QED) is 0.865. The van der Waals surface area contributed by atoms with Gasteiger partial charge in [0.15, 0.2) is 0 Å². The van der Waals surface area contributed by atoms with Gasteiger partial charge in [-0.05, 0) is 18.2 Å². The van der Waals surface area contributed by atoms with E-state index in [4.69, 9.17) is 4.74 Å². The molecule has 0 saturated heterocycles.